The van der Waals surface area contributed by atoms with Crippen molar-refractivity contribution in [3.05, 3.63) is 24.3 Å². The molecule has 2 N–H and O–H groups in total. The van der Waals surface area contributed by atoms with Crippen molar-refractivity contribution in [2.45, 2.75) is 57.2 Å². The van der Waals surface area contributed by atoms with Gasteiger partial charge < -0.3 is 20.3 Å². The average Bonchev–Trinajstić information content (AvgIpc) is 3.26. The van der Waals surface area contributed by atoms with E-state index < -0.39 is 10.8 Å². The third kappa shape index (κ3) is 6.37. The Balaban J connectivity index is 1.54. The zero-order valence-corrected chi connectivity index (χ0v) is 19.5. The molecular weight excluding hydrogens is 396 g/mol. The monoisotopic (exact) mass is 434 g/mol. The van der Waals surface area contributed by atoms with Crippen LogP contribution in [0.1, 0.15) is 46.0 Å². The van der Waals surface area contributed by atoms with Crippen molar-refractivity contribution in [3.63, 3.8) is 0 Å². The summed E-state index contributed by atoms with van der Waals surface area (Å²) in [5.41, 5.74) is 1.23. The molecule has 0 aromatic heterocycles. The lowest BCUT2D eigenvalue weighted by Gasteiger charge is -2.30. The number of nitrogens with one attached hydrogen (secondary N) is 2. The molecule has 2 fully saturated rings. The lowest BCUT2D eigenvalue weighted by molar-refractivity contribution is 0.413. The standard InChI is InChI=1S/C23H38N4O2S/c1-4-24-23(26-19-8-6-11-22(14-19)30(28)5-2)25-16-18-12-13-27(17-18)20-9-7-10-21(15-20)29-3/h7,9-10,15,18-19,22H,4-6,8,11-14,16-17H2,1-3H3,(H2,24,25,26). The number of benzene rings is 1. The quantitative estimate of drug-likeness (QED) is 0.486. The highest BCUT2D eigenvalue weighted by Crippen LogP contribution is 2.27. The van der Waals surface area contributed by atoms with E-state index in [2.05, 4.69) is 40.7 Å². The number of rotatable bonds is 8. The summed E-state index contributed by atoms with van der Waals surface area (Å²) in [6.45, 7) is 7.89. The summed E-state index contributed by atoms with van der Waals surface area (Å²) in [6, 6.07) is 8.67. The molecule has 0 radical (unpaired) electrons. The van der Waals surface area contributed by atoms with Crippen LogP contribution in [0, 0.1) is 5.92 Å². The zero-order chi connectivity index (χ0) is 21.3. The van der Waals surface area contributed by atoms with E-state index in [0.29, 0.717) is 17.2 Å². The van der Waals surface area contributed by atoms with Crippen LogP contribution in [0.15, 0.2) is 29.3 Å². The van der Waals surface area contributed by atoms with Gasteiger partial charge in [0, 0.05) is 65.8 Å². The van der Waals surface area contributed by atoms with E-state index in [1.165, 1.54) is 5.69 Å². The number of ether oxygens (including phenoxy) is 1. The number of nitrogens with zero attached hydrogens (tertiary/aromatic N) is 2. The van der Waals surface area contributed by atoms with Gasteiger partial charge >= 0.3 is 0 Å². The molecule has 0 bridgehead atoms. The normalized spacial score (nSPS) is 25.8. The molecule has 1 aromatic rings. The largest absolute Gasteiger partial charge is 0.497 e. The van der Waals surface area contributed by atoms with E-state index >= 15 is 0 Å². The Hall–Kier alpha value is -1.76. The fraction of sp³-hybridized carbons (Fsp3) is 0.696. The third-order valence-electron chi connectivity index (χ3n) is 6.18. The number of hydrogen-bond donors (Lipinski definition) is 2. The van der Waals surface area contributed by atoms with Crippen LogP contribution in [0.2, 0.25) is 0 Å². The van der Waals surface area contributed by atoms with Gasteiger partial charge in [0.25, 0.3) is 0 Å². The van der Waals surface area contributed by atoms with E-state index in [1.54, 1.807) is 7.11 Å². The number of hydrogen-bond acceptors (Lipinski definition) is 4. The van der Waals surface area contributed by atoms with Crippen molar-refractivity contribution in [1.82, 2.24) is 10.6 Å². The van der Waals surface area contributed by atoms with Crippen molar-refractivity contribution in [3.8, 4) is 5.75 Å². The molecule has 1 saturated carbocycles. The number of anilines is 1. The average molecular weight is 435 g/mol. The van der Waals surface area contributed by atoms with Gasteiger partial charge in [-0.25, -0.2) is 0 Å². The predicted molar refractivity (Wildman–Crippen MR) is 127 cm³/mol. The first-order valence-corrected chi connectivity index (χ1v) is 12.8. The maximum atomic E-state index is 12.2. The van der Waals surface area contributed by atoms with Crippen LogP contribution in [0.25, 0.3) is 0 Å². The second-order valence-electron chi connectivity index (χ2n) is 8.32. The SMILES string of the molecule is CCNC(=NCC1CCN(c2cccc(OC)c2)C1)NC1CCCC(S(=O)CC)C1. The Morgan fingerprint density at radius 2 is 2.17 bits per heavy atom. The summed E-state index contributed by atoms with van der Waals surface area (Å²) in [4.78, 5) is 7.33. The van der Waals surface area contributed by atoms with E-state index in [4.69, 9.17) is 9.73 Å². The minimum atomic E-state index is -0.698. The first kappa shape index (κ1) is 22.9. The van der Waals surface area contributed by atoms with Crippen molar-refractivity contribution < 1.29 is 8.95 Å². The first-order chi connectivity index (χ1) is 14.6. The number of methoxy groups -OCH3 is 1. The summed E-state index contributed by atoms with van der Waals surface area (Å²) < 4.78 is 17.6. The zero-order valence-electron chi connectivity index (χ0n) is 18.7. The fourth-order valence-electron chi connectivity index (χ4n) is 4.51. The molecule has 1 aliphatic carbocycles. The molecule has 7 heteroatoms. The minimum absolute atomic E-state index is 0.329. The maximum absolute atomic E-state index is 12.2. The van der Waals surface area contributed by atoms with Gasteiger partial charge in [-0.3, -0.25) is 9.20 Å². The second kappa shape index (κ2) is 11.6. The van der Waals surface area contributed by atoms with Gasteiger partial charge in [0.15, 0.2) is 5.96 Å². The lowest BCUT2D eigenvalue weighted by atomic mass is 9.95. The van der Waals surface area contributed by atoms with E-state index in [1.807, 2.05) is 13.0 Å². The van der Waals surface area contributed by atoms with Gasteiger partial charge in [-0.2, -0.15) is 0 Å². The Morgan fingerprint density at radius 1 is 1.30 bits per heavy atom. The minimum Gasteiger partial charge on any atom is -0.497 e. The Bertz CT molecular complexity index is 727. The van der Waals surface area contributed by atoms with Crippen molar-refractivity contribution >= 4 is 22.4 Å². The van der Waals surface area contributed by atoms with Crippen LogP contribution in [0.5, 0.6) is 5.75 Å². The summed E-state index contributed by atoms with van der Waals surface area (Å²) >= 11 is 0. The van der Waals surface area contributed by atoms with Gasteiger partial charge in [0.2, 0.25) is 0 Å². The number of aliphatic imine (C=N–C) groups is 1. The maximum Gasteiger partial charge on any atom is 0.191 e. The molecule has 30 heavy (non-hydrogen) atoms. The molecule has 4 atom stereocenters. The summed E-state index contributed by atoms with van der Waals surface area (Å²) in [7, 11) is 1.01. The highest BCUT2D eigenvalue weighted by atomic mass is 32.2. The molecule has 0 spiro atoms. The number of guanidine groups is 1. The van der Waals surface area contributed by atoms with Gasteiger partial charge in [-0.15, -0.1) is 0 Å². The van der Waals surface area contributed by atoms with Gasteiger partial charge in [-0.1, -0.05) is 19.4 Å². The van der Waals surface area contributed by atoms with Gasteiger partial charge in [-0.05, 0) is 50.7 Å². The Morgan fingerprint density at radius 3 is 2.93 bits per heavy atom. The molecular formula is C23H38N4O2S. The first-order valence-electron chi connectivity index (χ1n) is 11.4. The molecule has 3 rings (SSSR count). The summed E-state index contributed by atoms with van der Waals surface area (Å²) in [6.07, 6.45) is 5.51. The molecule has 0 amide bonds. The molecule has 4 unspecified atom stereocenters. The van der Waals surface area contributed by atoms with Crippen LogP contribution < -0.4 is 20.3 Å². The smallest absolute Gasteiger partial charge is 0.191 e. The van der Waals surface area contributed by atoms with Gasteiger partial charge in [0.1, 0.15) is 5.75 Å². The van der Waals surface area contributed by atoms with Crippen LogP contribution in [-0.4, -0.2) is 60.5 Å². The highest BCUT2D eigenvalue weighted by molar-refractivity contribution is 7.85. The molecule has 168 valence electrons. The van der Waals surface area contributed by atoms with Crippen molar-refractivity contribution in [2.75, 3.05) is 43.9 Å². The molecule has 1 heterocycles. The molecule has 1 aromatic carbocycles. The fourth-order valence-corrected chi connectivity index (χ4v) is 5.86. The molecule has 1 saturated heterocycles. The lowest BCUT2D eigenvalue weighted by Crippen LogP contribution is -2.46. The molecule has 2 aliphatic rings. The Labute approximate surface area is 184 Å². The third-order valence-corrected chi connectivity index (χ3v) is 7.92. The predicted octanol–water partition coefficient (Wildman–Crippen LogP) is 3.16. The Kier molecular flexibility index (Phi) is 8.85. The van der Waals surface area contributed by atoms with Crippen molar-refractivity contribution in [1.29, 1.82) is 0 Å². The van der Waals surface area contributed by atoms with E-state index in [9.17, 15) is 4.21 Å². The van der Waals surface area contributed by atoms with Crippen LogP contribution >= 0.6 is 0 Å². The van der Waals surface area contributed by atoms with Gasteiger partial charge in [0.05, 0.1) is 7.11 Å². The van der Waals surface area contributed by atoms with Crippen LogP contribution in [-0.2, 0) is 10.8 Å². The summed E-state index contributed by atoms with van der Waals surface area (Å²) in [5.74, 6) is 3.13. The van der Waals surface area contributed by atoms with E-state index in [-0.39, 0.29) is 0 Å². The molecule has 6 nitrogen and oxygen atoms in total. The highest BCUT2D eigenvalue weighted by Gasteiger charge is 2.27. The van der Waals surface area contributed by atoms with Crippen molar-refractivity contribution in [2.24, 2.45) is 10.9 Å². The second-order valence-corrected chi connectivity index (χ2v) is 10.3. The van der Waals surface area contributed by atoms with Crippen LogP contribution in [0.3, 0.4) is 0 Å². The van der Waals surface area contributed by atoms with E-state index in [0.717, 1.165) is 75.7 Å². The summed E-state index contributed by atoms with van der Waals surface area (Å²) in [5, 5.41) is 7.35. The topological polar surface area (TPSA) is 66.0 Å². The molecule has 1 aliphatic heterocycles. The van der Waals surface area contributed by atoms with Crippen LogP contribution in [0.4, 0.5) is 5.69 Å².